The van der Waals surface area contributed by atoms with Crippen molar-refractivity contribution < 1.29 is 9.53 Å². The molecule has 0 spiro atoms. The van der Waals surface area contributed by atoms with Crippen LogP contribution in [0.5, 0.6) is 5.75 Å². The molecule has 0 bridgehead atoms. The molecule has 1 N–H and O–H groups in total. The topological polar surface area (TPSA) is 70.6 Å². The SMILES string of the molecule is O=C(NCCOc1ccccc1)c1cnc(N2CCN(c3ccccn3)CC2)s1. The largest absolute Gasteiger partial charge is 0.492 e. The van der Waals surface area contributed by atoms with E-state index in [1.807, 2.05) is 54.7 Å². The van der Waals surface area contributed by atoms with Gasteiger partial charge in [0.2, 0.25) is 0 Å². The van der Waals surface area contributed by atoms with E-state index in [0.29, 0.717) is 18.0 Å². The van der Waals surface area contributed by atoms with E-state index in [-0.39, 0.29) is 5.91 Å². The number of pyridine rings is 1. The Morgan fingerprint density at radius 2 is 1.76 bits per heavy atom. The van der Waals surface area contributed by atoms with E-state index < -0.39 is 0 Å². The number of piperazine rings is 1. The Hall–Kier alpha value is -3.13. The molecule has 8 heteroatoms. The molecule has 0 unspecified atom stereocenters. The van der Waals surface area contributed by atoms with Crippen molar-refractivity contribution >= 4 is 28.2 Å². The number of ether oxygens (including phenoxy) is 1. The van der Waals surface area contributed by atoms with Gasteiger partial charge in [0.25, 0.3) is 5.91 Å². The van der Waals surface area contributed by atoms with E-state index >= 15 is 0 Å². The Labute approximate surface area is 174 Å². The fourth-order valence-corrected chi connectivity index (χ4v) is 4.01. The van der Waals surface area contributed by atoms with E-state index in [1.54, 1.807) is 6.20 Å². The third-order valence-electron chi connectivity index (χ3n) is 4.64. The second-order valence-electron chi connectivity index (χ2n) is 6.59. The molecule has 0 saturated carbocycles. The molecule has 0 atom stereocenters. The smallest absolute Gasteiger partial charge is 0.263 e. The molecular formula is C21H23N5O2S. The van der Waals surface area contributed by atoms with E-state index in [9.17, 15) is 4.79 Å². The summed E-state index contributed by atoms with van der Waals surface area (Å²) in [4.78, 5) is 26.3. The predicted octanol–water partition coefficient (Wildman–Crippen LogP) is 2.67. The Bertz CT molecular complexity index is 911. The normalized spacial score (nSPS) is 13.9. The molecule has 1 amide bonds. The number of carbonyl (C=O) groups excluding carboxylic acids is 1. The Morgan fingerprint density at radius 3 is 2.52 bits per heavy atom. The van der Waals surface area contributed by atoms with Gasteiger partial charge in [0.15, 0.2) is 5.13 Å². The number of carbonyl (C=O) groups is 1. The lowest BCUT2D eigenvalue weighted by atomic mass is 10.3. The number of benzene rings is 1. The first-order chi connectivity index (χ1) is 14.3. The average Bonchev–Trinajstić information content (AvgIpc) is 3.29. The number of nitrogens with zero attached hydrogens (tertiary/aromatic N) is 4. The summed E-state index contributed by atoms with van der Waals surface area (Å²) in [5.74, 6) is 1.69. The number of hydrogen-bond donors (Lipinski definition) is 1. The predicted molar refractivity (Wildman–Crippen MR) is 115 cm³/mol. The lowest BCUT2D eigenvalue weighted by Gasteiger charge is -2.35. The van der Waals surface area contributed by atoms with E-state index in [2.05, 4.69) is 25.1 Å². The van der Waals surface area contributed by atoms with Gasteiger partial charge in [-0.2, -0.15) is 0 Å². The number of rotatable bonds is 7. The molecule has 1 saturated heterocycles. The third kappa shape index (κ3) is 5.03. The zero-order chi connectivity index (χ0) is 19.9. The number of aromatic nitrogens is 2. The first kappa shape index (κ1) is 19.2. The number of para-hydroxylation sites is 1. The third-order valence-corrected chi connectivity index (χ3v) is 5.70. The highest BCUT2D eigenvalue weighted by Crippen LogP contribution is 2.24. The fourth-order valence-electron chi connectivity index (χ4n) is 3.12. The van der Waals surface area contributed by atoms with E-state index in [4.69, 9.17) is 4.74 Å². The summed E-state index contributed by atoms with van der Waals surface area (Å²) in [6.07, 6.45) is 3.47. The van der Waals surface area contributed by atoms with Crippen molar-refractivity contribution in [2.45, 2.75) is 0 Å². The van der Waals surface area contributed by atoms with Crippen LogP contribution in [-0.2, 0) is 0 Å². The van der Waals surface area contributed by atoms with E-state index in [0.717, 1.165) is 42.9 Å². The second kappa shape index (κ2) is 9.38. The van der Waals surface area contributed by atoms with Crippen LogP contribution >= 0.6 is 11.3 Å². The highest BCUT2D eigenvalue weighted by Gasteiger charge is 2.21. The van der Waals surface area contributed by atoms with Gasteiger partial charge in [-0.05, 0) is 24.3 Å². The molecule has 1 aliphatic heterocycles. The molecule has 0 aliphatic carbocycles. The molecular weight excluding hydrogens is 386 g/mol. The van der Waals surface area contributed by atoms with Crippen LogP contribution in [0.4, 0.5) is 10.9 Å². The lowest BCUT2D eigenvalue weighted by molar-refractivity contribution is 0.0951. The van der Waals surface area contributed by atoms with Crippen molar-refractivity contribution in [2.75, 3.05) is 49.1 Å². The van der Waals surface area contributed by atoms with E-state index in [1.165, 1.54) is 11.3 Å². The maximum Gasteiger partial charge on any atom is 0.263 e. The van der Waals surface area contributed by atoms with Crippen LogP contribution in [0.3, 0.4) is 0 Å². The van der Waals surface area contributed by atoms with Crippen LogP contribution < -0.4 is 19.9 Å². The molecule has 1 aliphatic rings. The zero-order valence-electron chi connectivity index (χ0n) is 16.0. The Balaban J connectivity index is 1.23. The molecule has 3 aromatic rings. The molecule has 1 fully saturated rings. The van der Waals surface area contributed by atoms with Gasteiger partial charge in [-0.3, -0.25) is 4.79 Å². The van der Waals surface area contributed by atoms with Gasteiger partial charge < -0.3 is 19.9 Å². The van der Waals surface area contributed by atoms with Crippen LogP contribution in [0.1, 0.15) is 9.67 Å². The van der Waals surface area contributed by atoms with Gasteiger partial charge in [0, 0.05) is 32.4 Å². The summed E-state index contributed by atoms with van der Waals surface area (Å²) in [6, 6.07) is 15.5. The maximum absolute atomic E-state index is 12.4. The number of amides is 1. The molecule has 150 valence electrons. The van der Waals surface area contributed by atoms with Crippen molar-refractivity contribution in [1.29, 1.82) is 0 Å². The number of hydrogen-bond acceptors (Lipinski definition) is 7. The second-order valence-corrected chi connectivity index (χ2v) is 7.60. The minimum Gasteiger partial charge on any atom is -0.492 e. The summed E-state index contributed by atoms with van der Waals surface area (Å²) in [6.45, 7) is 4.36. The van der Waals surface area contributed by atoms with Gasteiger partial charge in [0.05, 0.1) is 12.7 Å². The Morgan fingerprint density at radius 1 is 1.00 bits per heavy atom. The summed E-state index contributed by atoms with van der Waals surface area (Å²) < 4.78 is 5.59. The maximum atomic E-state index is 12.4. The van der Waals surface area contributed by atoms with Crippen LogP contribution in [0.25, 0.3) is 0 Å². The van der Waals surface area contributed by atoms with Crippen molar-refractivity contribution in [3.05, 3.63) is 65.8 Å². The molecule has 1 aromatic carbocycles. The van der Waals surface area contributed by atoms with Crippen molar-refractivity contribution in [2.24, 2.45) is 0 Å². The van der Waals surface area contributed by atoms with Gasteiger partial charge in [-0.25, -0.2) is 9.97 Å². The molecule has 7 nitrogen and oxygen atoms in total. The molecule has 4 rings (SSSR count). The van der Waals surface area contributed by atoms with Crippen molar-refractivity contribution in [3.8, 4) is 5.75 Å². The van der Waals surface area contributed by atoms with Gasteiger partial charge in [-0.15, -0.1) is 0 Å². The summed E-state index contributed by atoms with van der Waals surface area (Å²) in [5, 5.41) is 3.77. The van der Waals surface area contributed by atoms with Crippen LogP contribution in [0.2, 0.25) is 0 Å². The summed E-state index contributed by atoms with van der Waals surface area (Å²) in [7, 11) is 0. The molecule has 29 heavy (non-hydrogen) atoms. The Kier molecular flexibility index (Phi) is 6.21. The van der Waals surface area contributed by atoms with Crippen LogP contribution in [-0.4, -0.2) is 55.2 Å². The molecule has 2 aromatic heterocycles. The molecule has 0 radical (unpaired) electrons. The number of thiazole rings is 1. The van der Waals surface area contributed by atoms with Gasteiger partial charge in [-0.1, -0.05) is 35.6 Å². The fraction of sp³-hybridized carbons (Fsp3) is 0.286. The monoisotopic (exact) mass is 409 g/mol. The summed E-state index contributed by atoms with van der Waals surface area (Å²) in [5.41, 5.74) is 0. The molecule has 3 heterocycles. The quantitative estimate of drug-likeness (QED) is 0.605. The summed E-state index contributed by atoms with van der Waals surface area (Å²) >= 11 is 1.43. The van der Waals surface area contributed by atoms with Crippen LogP contribution in [0, 0.1) is 0 Å². The van der Waals surface area contributed by atoms with Crippen LogP contribution in [0.15, 0.2) is 60.9 Å². The van der Waals surface area contributed by atoms with Gasteiger partial charge in [0.1, 0.15) is 23.1 Å². The average molecular weight is 410 g/mol. The van der Waals surface area contributed by atoms with Crippen molar-refractivity contribution in [3.63, 3.8) is 0 Å². The first-order valence-electron chi connectivity index (χ1n) is 9.62. The highest BCUT2D eigenvalue weighted by atomic mass is 32.1. The van der Waals surface area contributed by atoms with Crippen molar-refractivity contribution in [1.82, 2.24) is 15.3 Å². The lowest BCUT2D eigenvalue weighted by Crippen LogP contribution is -2.46. The van der Waals surface area contributed by atoms with Gasteiger partial charge >= 0.3 is 0 Å². The minimum atomic E-state index is -0.113. The standard InChI is InChI=1S/C21H23N5O2S/c27-20(23-10-15-28-17-6-2-1-3-7-17)18-16-24-21(29-18)26-13-11-25(12-14-26)19-8-4-5-9-22-19/h1-9,16H,10-15H2,(H,23,27). The number of nitrogens with one attached hydrogen (secondary N) is 1. The number of anilines is 2. The minimum absolute atomic E-state index is 0.113. The highest BCUT2D eigenvalue weighted by molar-refractivity contribution is 7.17. The first-order valence-corrected chi connectivity index (χ1v) is 10.4. The zero-order valence-corrected chi connectivity index (χ0v) is 16.8.